The van der Waals surface area contributed by atoms with Crippen molar-refractivity contribution < 1.29 is 4.39 Å². The largest absolute Gasteiger partial charge is 0.309 e. The quantitative estimate of drug-likeness (QED) is 0.831. The molecule has 1 aromatic rings. The van der Waals surface area contributed by atoms with Gasteiger partial charge in [-0.2, -0.15) is 0 Å². The van der Waals surface area contributed by atoms with Crippen LogP contribution in [0.2, 0.25) is 0 Å². The van der Waals surface area contributed by atoms with Crippen LogP contribution in [0, 0.1) is 11.7 Å². The van der Waals surface area contributed by atoms with Gasteiger partial charge >= 0.3 is 0 Å². The average molecular weight is 279 g/mol. The van der Waals surface area contributed by atoms with Crippen LogP contribution in [0.5, 0.6) is 0 Å². The van der Waals surface area contributed by atoms with Crippen LogP contribution in [0.1, 0.15) is 44.8 Å². The zero-order valence-electron chi connectivity index (χ0n) is 12.8. The van der Waals surface area contributed by atoms with Crippen molar-refractivity contribution in [2.45, 2.75) is 45.2 Å². The van der Waals surface area contributed by atoms with Gasteiger partial charge in [0, 0.05) is 12.6 Å². The van der Waals surface area contributed by atoms with Gasteiger partial charge in [0.2, 0.25) is 0 Å². The van der Waals surface area contributed by atoms with E-state index in [4.69, 9.17) is 0 Å². The maximum atomic E-state index is 13.0. The average Bonchev–Trinajstić information content (AvgIpc) is 2.35. The minimum absolute atomic E-state index is 0.183. The number of nitrogens with zero attached hydrogens (tertiary/aromatic N) is 2. The second-order valence-electron chi connectivity index (χ2n) is 5.94. The van der Waals surface area contributed by atoms with Crippen LogP contribution in [-0.2, 0) is 0 Å². The SMILES string of the molecule is CCNC(c1ccc(F)cn1)C(C)CN(C)C1CCC1. The van der Waals surface area contributed by atoms with Gasteiger partial charge in [-0.05, 0) is 44.5 Å². The van der Waals surface area contributed by atoms with Gasteiger partial charge in [0.25, 0.3) is 0 Å². The molecule has 1 fully saturated rings. The Morgan fingerprint density at radius 1 is 1.45 bits per heavy atom. The highest BCUT2D eigenvalue weighted by atomic mass is 19.1. The topological polar surface area (TPSA) is 28.2 Å². The molecule has 1 aliphatic rings. The zero-order chi connectivity index (χ0) is 14.5. The summed E-state index contributed by atoms with van der Waals surface area (Å²) in [5.41, 5.74) is 0.933. The third kappa shape index (κ3) is 3.76. The molecule has 1 saturated carbocycles. The molecule has 2 rings (SSSR count). The number of aromatic nitrogens is 1. The molecule has 4 heteroatoms. The first-order chi connectivity index (χ1) is 9.61. The molecule has 1 heterocycles. The van der Waals surface area contributed by atoms with Crippen molar-refractivity contribution in [2.75, 3.05) is 20.1 Å². The molecule has 0 spiro atoms. The fraction of sp³-hybridized carbons (Fsp3) is 0.688. The van der Waals surface area contributed by atoms with Crippen LogP contribution in [0.15, 0.2) is 18.3 Å². The lowest BCUT2D eigenvalue weighted by atomic mass is 9.90. The van der Waals surface area contributed by atoms with Gasteiger partial charge < -0.3 is 10.2 Å². The van der Waals surface area contributed by atoms with Crippen LogP contribution >= 0.6 is 0 Å². The Balaban J connectivity index is 2.00. The lowest BCUT2D eigenvalue weighted by Gasteiger charge is -2.37. The van der Waals surface area contributed by atoms with E-state index in [-0.39, 0.29) is 11.9 Å². The van der Waals surface area contributed by atoms with E-state index in [1.807, 2.05) is 0 Å². The molecule has 20 heavy (non-hydrogen) atoms. The number of hydrogen-bond donors (Lipinski definition) is 1. The van der Waals surface area contributed by atoms with Crippen molar-refractivity contribution in [1.82, 2.24) is 15.2 Å². The lowest BCUT2D eigenvalue weighted by Crippen LogP contribution is -2.42. The highest BCUT2D eigenvalue weighted by molar-refractivity contribution is 5.11. The predicted octanol–water partition coefficient (Wildman–Crippen LogP) is 2.99. The first kappa shape index (κ1) is 15.4. The molecule has 112 valence electrons. The Morgan fingerprint density at radius 2 is 2.20 bits per heavy atom. The molecule has 3 nitrogen and oxygen atoms in total. The van der Waals surface area contributed by atoms with Gasteiger partial charge in [0.15, 0.2) is 0 Å². The molecule has 1 aromatic heterocycles. The summed E-state index contributed by atoms with van der Waals surface area (Å²) in [6.45, 7) is 6.27. The van der Waals surface area contributed by atoms with Crippen molar-refractivity contribution in [3.05, 3.63) is 29.8 Å². The lowest BCUT2D eigenvalue weighted by molar-refractivity contribution is 0.130. The monoisotopic (exact) mass is 279 g/mol. The van der Waals surface area contributed by atoms with E-state index in [1.54, 1.807) is 6.07 Å². The predicted molar refractivity (Wildman–Crippen MR) is 80.0 cm³/mol. The Labute approximate surface area is 121 Å². The standard InChI is InChI=1S/C16H26FN3/c1-4-18-16(15-9-8-13(17)10-19-15)12(2)11-20(3)14-6-5-7-14/h8-10,12,14,16,18H,4-7,11H2,1-3H3. The van der Waals surface area contributed by atoms with Gasteiger partial charge in [-0.3, -0.25) is 4.98 Å². The van der Waals surface area contributed by atoms with Crippen LogP contribution in [-0.4, -0.2) is 36.1 Å². The number of hydrogen-bond acceptors (Lipinski definition) is 3. The van der Waals surface area contributed by atoms with E-state index >= 15 is 0 Å². The van der Waals surface area contributed by atoms with Crippen LogP contribution < -0.4 is 5.32 Å². The van der Waals surface area contributed by atoms with Crippen molar-refractivity contribution in [3.63, 3.8) is 0 Å². The Kier molecular flexibility index (Phi) is 5.49. The van der Waals surface area contributed by atoms with Gasteiger partial charge in [-0.1, -0.05) is 20.3 Å². The van der Waals surface area contributed by atoms with Gasteiger partial charge in [-0.25, -0.2) is 4.39 Å². The smallest absolute Gasteiger partial charge is 0.141 e. The number of halogens is 1. The van der Waals surface area contributed by atoms with E-state index in [0.717, 1.165) is 24.8 Å². The molecule has 0 aliphatic heterocycles. The third-order valence-electron chi connectivity index (χ3n) is 4.34. The molecule has 2 unspecified atom stereocenters. The van der Waals surface area contributed by atoms with E-state index in [1.165, 1.54) is 31.5 Å². The molecule has 0 bridgehead atoms. The van der Waals surface area contributed by atoms with Crippen molar-refractivity contribution in [1.29, 1.82) is 0 Å². The number of nitrogens with one attached hydrogen (secondary N) is 1. The Morgan fingerprint density at radius 3 is 2.70 bits per heavy atom. The van der Waals surface area contributed by atoms with Gasteiger partial charge in [0.05, 0.1) is 17.9 Å². The first-order valence-corrected chi connectivity index (χ1v) is 7.67. The molecule has 0 aromatic carbocycles. The molecule has 0 radical (unpaired) electrons. The highest BCUT2D eigenvalue weighted by Crippen LogP contribution is 2.27. The van der Waals surface area contributed by atoms with E-state index in [0.29, 0.717) is 5.92 Å². The van der Waals surface area contributed by atoms with E-state index in [9.17, 15) is 4.39 Å². The van der Waals surface area contributed by atoms with Crippen LogP contribution in [0.4, 0.5) is 4.39 Å². The first-order valence-electron chi connectivity index (χ1n) is 7.67. The van der Waals surface area contributed by atoms with E-state index < -0.39 is 0 Å². The number of rotatable bonds is 7. The second kappa shape index (κ2) is 7.14. The minimum atomic E-state index is -0.275. The summed E-state index contributed by atoms with van der Waals surface area (Å²) in [5.74, 6) is 0.168. The minimum Gasteiger partial charge on any atom is -0.309 e. The number of pyridine rings is 1. The van der Waals surface area contributed by atoms with Gasteiger partial charge in [-0.15, -0.1) is 0 Å². The second-order valence-corrected chi connectivity index (χ2v) is 5.94. The summed E-state index contributed by atoms with van der Waals surface area (Å²) < 4.78 is 13.0. The Hall–Kier alpha value is -1.00. The van der Waals surface area contributed by atoms with Gasteiger partial charge in [0.1, 0.15) is 5.82 Å². The summed E-state index contributed by atoms with van der Waals surface area (Å²) >= 11 is 0. The maximum absolute atomic E-state index is 13.0. The normalized spacial score (nSPS) is 18.9. The summed E-state index contributed by atoms with van der Waals surface area (Å²) in [6.07, 6.45) is 5.31. The summed E-state index contributed by atoms with van der Waals surface area (Å²) in [5, 5.41) is 3.49. The zero-order valence-corrected chi connectivity index (χ0v) is 12.8. The van der Waals surface area contributed by atoms with Crippen molar-refractivity contribution in [3.8, 4) is 0 Å². The van der Waals surface area contributed by atoms with Crippen molar-refractivity contribution >= 4 is 0 Å². The van der Waals surface area contributed by atoms with E-state index in [2.05, 4.69) is 36.1 Å². The summed E-state index contributed by atoms with van der Waals surface area (Å²) in [4.78, 5) is 6.71. The Bertz CT molecular complexity index is 403. The molecule has 0 saturated heterocycles. The molecule has 1 aliphatic carbocycles. The summed E-state index contributed by atoms with van der Waals surface area (Å²) in [7, 11) is 2.21. The molecular weight excluding hydrogens is 253 g/mol. The molecular formula is C16H26FN3. The fourth-order valence-electron chi connectivity index (χ4n) is 2.92. The highest BCUT2D eigenvalue weighted by Gasteiger charge is 2.26. The molecule has 2 atom stereocenters. The molecule has 1 N–H and O–H groups in total. The third-order valence-corrected chi connectivity index (χ3v) is 4.34. The van der Waals surface area contributed by atoms with Crippen LogP contribution in [0.25, 0.3) is 0 Å². The molecule has 0 amide bonds. The fourth-order valence-corrected chi connectivity index (χ4v) is 2.92. The summed E-state index contributed by atoms with van der Waals surface area (Å²) in [6, 6.07) is 4.22. The van der Waals surface area contributed by atoms with Crippen molar-refractivity contribution in [2.24, 2.45) is 5.92 Å². The van der Waals surface area contributed by atoms with Crippen LogP contribution in [0.3, 0.4) is 0 Å². The maximum Gasteiger partial charge on any atom is 0.141 e.